The maximum Gasteiger partial charge on any atom is 0.434 e. The molecule has 1 saturated carbocycles. The van der Waals surface area contributed by atoms with E-state index in [2.05, 4.69) is 15.0 Å². The fourth-order valence-corrected chi connectivity index (χ4v) is 4.53. The molecule has 5 aromatic rings. The lowest BCUT2D eigenvalue weighted by atomic mass is 10.1. The molecule has 0 saturated heterocycles. The molecule has 3 aromatic heterocycles. The van der Waals surface area contributed by atoms with Crippen LogP contribution >= 0.6 is 0 Å². The standard InChI is InChI=1S/C29H25F3N6O/c1-37-16-24(29(30,31)32)35-27(37)22-9-7-19(8-10-22)15-38-14-13-23(36-38)25-26(21-11-12-21)33-18-34-28(25)39-17-20-5-3-2-4-6-20/h2-10,13-14,16,18,21H,11-12,15,17H2,1H3. The third kappa shape index (κ3) is 5.41. The average Bonchev–Trinajstić information content (AvgIpc) is 3.55. The van der Waals surface area contributed by atoms with Crippen molar-refractivity contribution in [2.24, 2.45) is 7.05 Å². The lowest BCUT2D eigenvalue weighted by Gasteiger charge is -2.12. The van der Waals surface area contributed by atoms with Gasteiger partial charge < -0.3 is 9.30 Å². The molecule has 0 spiro atoms. The van der Waals surface area contributed by atoms with E-state index in [1.807, 2.05) is 59.4 Å². The maximum absolute atomic E-state index is 13.0. The van der Waals surface area contributed by atoms with Gasteiger partial charge in [-0.2, -0.15) is 18.3 Å². The van der Waals surface area contributed by atoms with Crippen LogP contribution in [0.3, 0.4) is 0 Å². The third-order valence-electron chi connectivity index (χ3n) is 6.64. The van der Waals surface area contributed by atoms with Crippen LogP contribution in [0.5, 0.6) is 5.88 Å². The summed E-state index contributed by atoms with van der Waals surface area (Å²) in [6.45, 7) is 0.879. The van der Waals surface area contributed by atoms with Crippen LogP contribution in [0.1, 0.15) is 41.3 Å². The van der Waals surface area contributed by atoms with Crippen molar-refractivity contribution in [3.05, 3.63) is 102 Å². The number of nitrogens with zero attached hydrogens (tertiary/aromatic N) is 6. The van der Waals surface area contributed by atoms with Crippen LogP contribution in [0.2, 0.25) is 0 Å². The Kier molecular flexibility index (Phi) is 6.38. The van der Waals surface area contributed by atoms with Crippen LogP contribution in [0.25, 0.3) is 22.6 Å². The molecule has 0 unspecified atom stereocenters. The van der Waals surface area contributed by atoms with Crippen molar-refractivity contribution in [2.75, 3.05) is 0 Å². The lowest BCUT2D eigenvalue weighted by molar-refractivity contribution is -0.140. The van der Waals surface area contributed by atoms with Gasteiger partial charge >= 0.3 is 6.18 Å². The van der Waals surface area contributed by atoms with E-state index < -0.39 is 11.9 Å². The van der Waals surface area contributed by atoms with E-state index in [9.17, 15) is 13.2 Å². The second kappa shape index (κ2) is 10.0. The Hall–Kier alpha value is -4.47. The number of hydrogen-bond acceptors (Lipinski definition) is 5. The molecule has 0 N–H and O–H groups in total. The molecule has 0 atom stereocenters. The predicted octanol–water partition coefficient (Wildman–Crippen LogP) is 6.26. The van der Waals surface area contributed by atoms with Crippen LogP contribution in [0.4, 0.5) is 13.2 Å². The molecule has 6 rings (SSSR count). The number of rotatable bonds is 8. The second-order valence-electron chi connectivity index (χ2n) is 9.64. The van der Waals surface area contributed by atoms with Crippen LogP contribution in [-0.4, -0.2) is 29.3 Å². The second-order valence-corrected chi connectivity index (χ2v) is 9.64. The Bertz CT molecular complexity index is 1590. The Balaban J connectivity index is 1.22. The lowest BCUT2D eigenvalue weighted by Crippen LogP contribution is -2.05. The van der Waals surface area contributed by atoms with Crippen molar-refractivity contribution in [2.45, 2.75) is 38.1 Å². The Labute approximate surface area is 223 Å². The fraction of sp³-hybridized carbons (Fsp3) is 0.241. The summed E-state index contributed by atoms with van der Waals surface area (Å²) >= 11 is 0. The number of aryl methyl sites for hydroxylation is 1. The first kappa shape index (κ1) is 24.8. The normalized spacial score (nSPS) is 13.5. The van der Waals surface area contributed by atoms with Gasteiger partial charge in [0.15, 0.2) is 5.69 Å². The van der Waals surface area contributed by atoms with Gasteiger partial charge in [-0.15, -0.1) is 0 Å². The number of benzene rings is 2. The minimum atomic E-state index is -4.48. The van der Waals surface area contributed by atoms with Crippen molar-refractivity contribution in [3.63, 3.8) is 0 Å². The number of ether oxygens (including phenoxy) is 1. The molecular formula is C29H25F3N6O. The maximum atomic E-state index is 13.0. The van der Waals surface area contributed by atoms with Gasteiger partial charge in [0.25, 0.3) is 0 Å². The number of hydrogen-bond donors (Lipinski definition) is 0. The van der Waals surface area contributed by atoms with E-state index in [-0.39, 0.29) is 5.82 Å². The minimum Gasteiger partial charge on any atom is -0.472 e. The number of halogens is 3. The first-order chi connectivity index (χ1) is 18.8. The largest absolute Gasteiger partial charge is 0.472 e. The first-order valence-corrected chi connectivity index (χ1v) is 12.6. The van der Waals surface area contributed by atoms with E-state index in [0.29, 0.717) is 30.5 Å². The molecule has 2 aromatic carbocycles. The highest BCUT2D eigenvalue weighted by Gasteiger charge is 2.34. The molecule has 0 radical (unpaired) electrons. The van der Waals surface area contributed by atoms with Gasteiger partial charge in [-0.25, -0.2) is 15.0 Å². The van der Waals surface area contributed by atoms with Crippen molar-refractivity contribution in [1.82, 2.24) is 29.3 Å². The molecule has 0 aliphatic heterocycles. The summed E-state index contributed by atoms with van der Waals surface area (Å²) in [6, 6.07) is 19.1. The topological polar surface area (TPSA) is 70.7 Å². The Morgan fingerprint density at radius 2 is 1.72 bits per heavy atom. The van der Waals surface area contributed by atoms with E-state index in [0.717, 1.165) is 47.1 Å². The highest BCUT2D eigenvalue weighted by Crippen LogP contribution is 2.45. The molecule has 198 valence electrons. The van der Waals surface area contributed by atoms with Gasteiger partial charge in [-0.1, -0.05) is 54.6 Å². The zero-order valence-electron chi connectivity index (χ0n) is 21.1. The SMILES string of the molecule is Cn1cc(C(F)(F)F)nc1-c1ccc(Cn2ccc(-c3c(OCc4ccccc4)ncnc3C3CC3)n2)cc1. The highest BCUT2D eigenvalue weighted by atomic mass is 19.4. The average molecular weight is 531 g/mol. The molecule has 0 bridgehead atoms. The van der Waals surface area contributed by atoms with Gasteiger partial charge in [0, 0.05) is 30.9 Å². The van der Waals surface area contributed by atoms with Gasteiger partial charge in [0.2, 0.25) is 5.88 Å². The van der Waals surface area contributed by atoms with Crippen molar-refractivity contribution >= 4 is 0 Å². The Morgan fingerprint density at radius 1 is 0.949 bits per heavy atom. The Morgan fingerprint density at radius 3 is 2.41 bits per heavy atom. The fourth-order valence-electron chi connectivity index (χ4n) is 4.53. The van der Waals surface area contributed by atoms with E-state index in [1.165, 1.54) is 4.57 Å². The summed E-state index contributed by atoms with van der Waals surface area (Å²) in [5.41, 5.74) is 4.21. The van der Waals surface area contributed by atoms with Gasteiger partial charge in [-0.05, 0) is 30.0 Å². The summed E-state index contributed by atoms with van der Waals surface area (Å²) in [7, 11) is 1.55. The molecule has 1 aliphatic rings. The number of imidazole rings is 1. The van der Waals surface area contributed by atoms with E-state index in [4.69, 9.17) is 9.84 Å². The number of aromatic nitrogens is 6. The van der Waals surface area contributed by atoms with E-state index >= 15 is 0 Å². The summed E-state index contributed by atoms with van der Waals surface area (Å²) in [4.78, 5) is 12.8. The molecule has 39 heavy (non-hydrogen) atoms. The summed E-state index contributed by atoms with van der Waals surface area (Å²) in [5, 5.41) is 4.80. The van der Waals surface area contributed by atoms with Crippen LogP contribution in [0, 0.1) is 0 Å². The monoisotopic (exact) mass is 530 g/mol. The number of alkyl halides is 3. The molecule has 3 heterocycles. The summed E-state index contributed by atoms with van der Waals surface area (Å²) in [6.07, 6.45) is 2.11. The summed E-state index contributed by atoms with van der Waals surface area (Å²) in [5.74, 6) is 1.15. The molecule has 7 nitrogen and oxygen atoms in total. The molecule has 10 heteroatoms. The molecule has 0 amide bonds. The predicted molar refractivity (Wildman–Crippen MR) is 139 cm³/mol. The van der Waals surface area contributed by atoms with Gasteiger partial charge in [-0.3, -0.25) is 4.68 Å². The summed E-state index contributed by atoms with van der Waals surface area (Å²) < 4.78 is 48.5. The zero-order chi connectivity index (χ0) is 27.0. The van der Waals surface area contributed by atoms with Crippen LogP contribution < -0.4 is 4.74 Å². The molecular weight excluding hydrogens is 505 g/mol. The molecule has 1 fully saturated rings. The smallest absolute Gasteiger partial charge is 0.434 e. The highest BCUT2D eigenvalue weighted by molar-refractivity contribution is 5.68. The van der Waals surface area contributed by atoms with Crippen molar-refractivity contribution in [3.8, 4) is 28.5 Å². The zero-order valence-corrected chi connectivity index (χ0v) is 21.1. The van der Waals surface area contributed by atoms with Gasteiger partial charge in [0.05, 0.1) is 23.5 Å². The van der Waals surface area contributed by atoms with Crippen LogP contribution in [-0.2, 0) is 26.4 Å². The van der Waals surface area contributed by atoms with Crippen molar-refractivity contribution in [1.29, 1.82) is 0 Å². The molecule has 1 aliphatic carbocycles. The third-order valence-corrected chi connectivity index (χ3v) is 6.64. The quantitative estimate of drug-likeness (QED) is 0.237. The van der Waals surface area contributed by atoms with E-state index in [1.54, 1.807) is 25.5 Å². The minimum absolute atomic E-state index is 0.259. The van der Waals surface area contributed by atoms with Gasteiger partial charge in [0.1, 0.15) is 18.8 Å². The first-order valence-electron chi connectivity index (χ1n) is 12.6. The van der Waals surface area contributed by atoms with Crippen LogP contribution in [0.15, 0.2) is 79.4 Å². The van der Waals surface area contributed by atoms with Crippen molar-refractivity contribution < 1.29 is 17.9 Å².